The summed E-state index contributed by atoms with van der Waals surface area (Å²) in [6, 6.07) is 67.5. The lowest BCUT2D eigenvalue weighted by molar-refractivity contribution is 0.263. The zero-order valence-corrected chi connectivity index (χ0v) is 29.9. The van der Waals surface area contributed by atoms with Crippen LogP contribution in [0, 0.1) is 0 Å². The normalized spacial score (nSPS) is 17.7. The molecule has 0 aromatic heterocycles. The van der Waals surface area contributed by atoms with Crippen molar-refractivity contribution in [1.29, 1.82) is 0 Å². The fourth-order valence-corrected chi connectivity index (χ4v) is 9.89. The van der Waals surface area contributed by atoms with Crippen molar-refractivity contribution in [3.8, 4) is 0 Å². The molecule has 53 heavy (non-hydrogen) atoms. The maximum atomic E-state index is 5.57. The SMILES string of the molecule is C1=NC(C(c2ccc3ccccc3c2)C2CCCc3c2ccc2c3ccc3ccccc32)CN1C(c1ccccc1)(c1ccccc1)c1ccccc1. The van der Waals surface area contributed by atoms with Crippen molar-refractivity contribution >= 4 is 38.7 Å². The average molecular weight is 683 g/mol. The maximum absolute atomic E-state index is 5.57. The topological polar surface area (TPSA) is 15.6 Å². The second kappa shape index (κ2) is 13.2. The van der Waals surface area contributed by atoms with Gasteiger partial charge in [0.2, 0.25) is 0 Å². The highest BCUT2D eigenvalue weighted by Gasteiger charge is 2.46. The number of rotatable bonds is 7. The molecule has 256 valence electrons. The number of hydrogen-bond acceptors (Lipinski definition) is 2. The molecule has 1 heterocycles. The maximum Gasteiger partial charge on any atom is 0.117 e. The smallest absolute Gasteiger partial charge is 0.117 e. The number of hydrogen-bond donors (Lipinski definition) is 0. The molecule has 0 amide bonds. The molecule has 0 radical (unpaired) electrons. The highest BCUT2D eigenvalue weighted by Crippen LogP contribution is 2.50. The molecule has 1 aliphatic heterocycles. The Kier molecular flexibility index (Phi) is 7.90. The van der Waals surface area contributed by atoms with E-state index < -0.39 is 5.54 Å². The Hall–Kier alpha value is -5.99. The van der Waals surface area contributed by atoms with Crippen LogP contribution in [0.5, 0.6) is 0 Å². The lowest BCUT2D eigenvalue weighted by atomic mass is 9.69. The van der Waals surface area contributed by atoms with Crippen LogP contribution >= 0.6 is 0 Å². The Morgan fingerprint density at radius 2 is 1.11 bits per heavy atom. The molecule has 3 unspecified atom stereocenters. The van der Waals surface area contributed by atoms with Crippen LogP contribution < -0.4 is 0 Å². The molecule has 0 fully saturated rings. The Morgan fingerprint density at radius 1 is 0.528 bits per heavy atom. The molecule has 8 aromatic carbocycles. The second-order valence-electron chi connectivity index (χ2n) is 14.9. The highest BCUT2D eigenvalue weighted by molar-refractivity contribution is 6.08. The van der Waals surface area contributed by atoms with Crippen LogP contribution in [0.3, 0.4) is 0 Å². The molecule has 10 rings (SSSR count). The molecule has 2 nitrogen and oxygen atoms in total. The van der Waals surface area contributed by atoms with Gasteiger partial charge in [-0.15, -0.1) is 0 Å². The summed E-state index contributed by atoms with van der Waals surface area (Å²) >= 11 is 0. The van der Waals surface area contributed by atoms with Crippen LogP contribution in [0.4, 0.5) is 0 Å². The van der Waals surface area contributed by atoms with E-state index in [0.29, 0.717) is 5.92 Å². The molecule has 2 aliphatic rings. The number of benzene rings is 8. The van der Waals surface area contributed by atoms with E-state index in [2.05, 4.69) is 193 Å². The van der Waals surface area contributed by atoms with Gasteiger partial charge in [0.15, 0.2) is 0 Å². The molecule has 3 atom stereocenters. The molecule has 0 N–H and O–H groups in total. The van der Waals surface area contributed by atoms with Crippen molar-refractivity contribution in [1.82, 2.24) is 4.90 Å². The zero-order valence-electron chi connectivity index (χ0n) is 29.9. The van der Waals surface area contributed by atoms with Gasteiger partial charge in [-0.1, -0.05) is 182 Å². The van der Waals surface area contributed by atoms with Gasteiger partial charge in [-0.2, -0.15) is 0 Å². The number of aliphatic imine (C=N–C) groups is 1. The van der Waals surface area contributed by atoms with Gasteiger partial charge in [0.1, 0.15) is 5.54 Å². The first kappa shape index (κ1) is 31.7. The first-order valence-corrected chi connectivity index (χ1v) is 19.2. The second-order valence-corrected chi connectivity index (χ2v) is 14.9. The minimum atomic E-state index is -0.544. The summed E-state index contributed by atoms with van der Waals surface area (Å²) in [5, 5.41) is 8.01. The van der Waals surface area contributed by atoms with E-state index in [1.54, 1.807) is 0 Å². The van der Waals surface area contributed by atoms with E-state index in [4.69, 9.17) is 4.99 Å². The van der Waals surface area contributed by atoms with Gasteiger partial charge >= 0.3 is 0 Å². The van der Waals surface area contributed by atoms with Crippen molar-refractivity contribution in [3.63, 3.8) is 0 Å². The summed E-state index contributed by atoms with van der Waals surface area (Å²) in [7, 11) is 0. The van der Waals surface area contributed by atoms with E-state index in [-0.39, 0.29) is 12.0 Å². The summed E-state index contributed by atoms with van der Waals surface area (Å²) in [4.78, 5) is 8.11. The van der Waals surface area contributed by atoms with E-state index in [9.17, 15) is 0 Å². The van der Waals surface area contributed by atoms with Crippen molar-refractivity contribution in [3.05, 3.63) is 215 Å². The molecule has 2 heteroatoms. The first-order chi connectivity index (χ1) is 26.3. The minimum Gasteiger partial charge on any atom is -0.343 e. The monoisotopic (exact) mass is 682 g/mol. The van der Waals surface area contributed by atoms with Gasteiger partial charge in [0.25, 0.3) is 0 Å². The van der Waals surface area contributed by atoms with Crippen LogP contribution in [0.2, 0.25) is 0 Å². The highest BCUT2D eigenvalue weighted by atomic mass is 15.3. The van der Waals surface area contributed by atoms with E-state index in [1.165, 1.54) is 72.1 Å². The lowest BCUT2D eigenvalue weighted by Crippen LogP contribution is -2.48. The summed E-state index contributed by atoms with van der Waals surface area (Å²) < 4.78 is 0. The summed E-state index contributed by atoms with van der Waals surface area (Å²) in [5.41, 5.74) is 7.61. The molecule has 0 saturated carbocycles. The van der Waals surface area contributed by atoms with Gasteiger partial charge in [0, 0.05) is 12.5 Å². The third kappa shape index (κ3) is 5.27. The Labute approximate surface area is 312 Å². The van der Waals surface area contributed by atoms with Gasteiger partial charge in [-0.25, -0.2) is 0 Å². The van der Waals surface area contributed by atoms with E-state index in [0.717, 1.165) is 19.4 Å². The molecule has 0 saturated heterocycles. The van der Waals surface area contributed by atoms with Crippen molar-refractivity contribution < 1.29 is 0 Å². The third-order valence-electron chi connectivity index (χ3n) is 12.2. The lowest BCUT2D eigenvalue weighted by Gasteiger charge is -2.44. The predicted molar refractivity (Wildman–Crippen MR) is 222 cm³/mol. The van der Waals surface area contributed by atoms with Crippen molar-refractivity contribution in [2.75, 3.05) is 6.54 Å². The summed E-state index contributed by atoms with van der Waals surface area (Å²) in [6.45, 7) is 0.806. The van der Waals surface area contributed by atoms with Crippen LogP contribution in [-0.4, -0.2) is 23.8 Å². The zero-order chi connectivity index (χ0) is 35.2. The average Bonchev–Trinajstić information content (AvgIpc) is 3.72. The molecule has 0 spiro atoms. The molecule has 0 bridgehead atoms. The Morgan fingerprint density at radius 3 is 1.81 bits per heavy atom. The Balaban J connectivity index is 1.13. The largest absolute Gasteiger partial charge is 0.343 e. The fourth-order valence-electron chi connectivity index (χ4n) is 9.89. The minimum absolute atomic E-state index is 0.0647. The molecule has 8 aromatic rings. The molecular weight excluding hydrogens is 641 g/mol. The summed E-state index contributed by atoms with van der Waals surface area (Å²) in [5.74, 6) is 0.551. The summed E-state index contributed by atoms with van der Waals surface area (Å²) in [6.07, 6.45) is 5.62. The van der Waals surface area contributed by atoms with Crippen LogP contribution in [0.1, 0.15) is 58.1 Å². The van der Waals surface area contributed by atoms with Crippen molar-refractivity contribution in [2.45, 2.75) is 42.7 Å². The van der Waals surface area contributed by atoms with Gasteiger partial charge in [-0.05, 0) is 90.9 Å². The first-order valence-electron chi connectivity index (χ1n) is 19.2. The number of aryl methyl sites for hydroxylation is 1. The molecular formula is C51H42N2. The standard InChI is InChI=1S/C51H42N2/c1-4-18-40(19-5-1)51(41-20-6-2-7-21-41,42-22-8-3-9-23-42)53-34-49(52-35-53)50(39-28-27-36-15-10-11-17-38(36)33-39)48-26-14-25-44-46-30-29-37-16-12-13-24-43(37)45(46)31-32-47(44)48/h1-13,15-24,27-33,35,48-50H,14,25-26,34H2. The predicted octanol–water partition coefficient (Wildman–Crippen LogP) is 12.1. The third-order valence-corrected chi connectivity index (χ3v) is 12.2. The van der Waals surface area contributed by atoms with Gasteiger partial charge in [0.05, 0.1) is 12.4 Å². The van der Waals surface area contributed by atoms with Crippen LogP contribution in [-0.2, 0) is 12.0 Å². The van der Waals surface area contributed by atoms with Gasteiger partial charge in [-0.3, -0.25) is 4.99 Å². The Bertz CT molecular complexity index is 2500. The fraction of sp³-hybridized carbons (Fsp3) is 0.157. The number of fused-ring (bicyclic) bond motifs is 6. The van der Waals surface area contributed by atoms with E-state index >= 15 is 0 Å². The van der Waals surface area contributed by atoms with Crippen LogP contribution in [0.25, 0.3) is 32.3 Å². The quantitative estimate of drug-likeness (QED) is 0.121. The van der Waals surface area contributed by atoms with E-state index in [1.807, 2.05) is 0 Å². The molecule has 1 aliphatic carbocycles. The van der Waals surface area contributed by atoms with Crippen molar-refractivity contribution in [2.24, 2.45) is 4.99 Å². The number of nitrogens with zero attached hydrogens (tertiary/aromatic N) is 2. The van der Waals surface area contributed by atoms with Gasteiger partial charge < -0.3 is 4.90 Å². The van der Waals surface area contributed by atoms with Crippen LogP contribution in [0.15, 0.2) is 187 Å².